The number of rotatable bonds is 4. The van der Waals surface area contributed by atoms with E-state index in [1.165, 1.54) is 6.42 Å². The lowest BCUT2D eigenvalue weighted by atomic mass is 9.94. The Balaban J connectivity index is 2.29. The summed E-state index contributed by atoms with van der Waals surface area (Å²) in [5, 5.41) is 6.59. The van der Waals surface area contributed by atoms with Gasteiger partial charge in [-0.05, 0) is 24.1 Å². The van der Waals surface area contributed by atoms with Crippen LogP contribution in [0.3, 0.4) is 0 Å². The normalized spacial score (nSPS) is 20.1. The minimum atomic E-state index is -0.263. The van der Waals surface area contributed by atoms with Crippen LogP contribution in [0.15, 0.2) is 41.0 Å². The second-order valence-electron chi connectivity index (χ2n) is 4.59. The third-order valence-electron chi connectivity index (χ3n) is 3.13. The molecule has 0 amide bonds. The Labute approximate surface area is 128 Å². The van der Waals surface area contributed by atoms with Gasteiger partial charge in [0.05, 0.1) is 0 Å². The summed E-state index contributed by atoms with van der Waals surface area (Å²) in [5.74, 6) is 0. The first-order valence-electron chi connectivity index (χ1n) is 6.46. The largest absolute Gasteiger partial charge is 0.390 e. The van der Waals surface area contributed by atoms with E-state index in [2.05, 4.69) is 46.1 Å². The predicted octanol–water partition coefficient (Wildman–Crippen LogP) is 4.73. The zero-order valence-electron chi connectivity index (χ0n) is 11.0. The first-order valence-corrected chi connectivity index (χ1v) is 7.69. The third kappa shape index (κ3) is 3.34. The van der Waals surface area contributed by atoms with Gasteiger partial charge >= 0.3 is 0 Å². The van der Waals surface area contributed by atoms with Crippen molar-refractivity contribution in [3.8, 4) is 0 Å². The van der Waals surface area contributed by atoms with E-state index >= 15 is 0 Å². The van der Waals surface area contributed by atoms with Gasteiger partial charge < -0.3 is 10.6 Å². The van der Waals surface area contributed by atoms with Crippen LogP contribution in [-0.2, 0) is 0 Å². The Hall–Kier alpha value is -0.930. The molecule has 2 rings (SSSR count). The fourth-order valence-electron chi connectivity index (χ4n) is 2.03. The molecular formula is C15H18BrClN2. The average Bonchev–Trinajstić information content (AvgIpc) is 2.38. The van der Waals surface area contributed by atoms with Gasteiger partial charge in [0.25, 0.3) is 0 Å². The molecule has 0 spiro atoms. The van der Waals surface area contributed by atoms with Gasteiger partial charge in [-0.3, -0.25) is 0 Å². The number of hydrogen-bond acceptors (Lipinski definition) is 2. The van der Waals surface area contributed by atoms with Crippen molar-refractivity contribution in [2.75, 3.05) is 11.9 Å². The fourth-order valence-corrected chi connectivity index (χ4v) is 2.62. The maximum absolute atomic E-state index is 6.29. The minimum absolute atomic E-state index is 0.263. The number of unbranched alkanes of at least 4 members (excludes halogenated alkanes) is 1. The summed E-state index contributed by atoms with van der Waals surface area (Å²) < 4.78 is 1.04. The van der Waals surface area contributed by atoms with Gasteiger partial charge in [0.1, 0.15) is 5.50 Å². The number of alkyl halides is 1. The molecule has 2 N–H and O–H groups in total. The van der Waals surface area contributed by atoms with Gasteiger partial charge in [0.2, 0.25) is 0 Å². The van der Waals surface area contributed by atoms with E-state index in [1.807, 2.05) is 18.3 Å². The van der Waals surface area contributed by atoms with Crippen LogP contribution >= 0.6 is 27.5 Å². The summed E-state index contributed by atoms with van der Waals surface area (Å²) in [7, 11) is 0. The average molecular weight is 342 g/mol. The van der Waals surface area contributed by atoms with E-state index in [1.54, 1.807) is 0 Å². The minimum Gasteiger partial charge on any atom is -0.390 e. The van der Waals surface area contributed by atoms with Gasteiger partial charge in [-0.25, -0.2) is 0 Å². The highest BCUT2D eigenvalue weighted by Gasteiger charge is 2.23. The van der Waals surface area contributed by atoms with Gasteiger partial charge in [-0.2, -0.15) is 0 Å². The molecule has 1 aliphatic heterocycles. The second-order valence-corrected chi connectivity index (χ2v) is 5.94. The summed E-state index contributed by atoms with van der Waals surface area (Å²) >= 11 is 9.77. The number of halogens is 2. The molecule has 1 atom stereocenters. The molecule has 1 aromatic rings. The van der Waals surface area contributed by atoms with Crippen molar-refractivity contribution in [3.05, 3.63) is 46.6 Å². The molecule has 1 heterocycles. The molecule has 0 saturated heterocycles. The van der Waals surface area contributed by atoms with Crippen LogP contribution in [0.1, 0.15) is 25.3 Å². The standard InChI is InChI=1S/C15H18BrClN2/c1-3-4-7-18-9-13-10(2)15(17)19-14-8-11(16)5-6-12(13)14/h5-6,8-9,15,18-19H,2-4,7H2,1H3/b13-9+. The van der Waals surface area contributed by atoms with Crippen molar-refractivity contribution in [1.29, 1.82) is 0 Å². The van der Waals surface area contributed by atoms with Crippen molar-refractivity contribution < 1.29 is 0 Å². The first-order chi connectivity index (χ1) is 9.13. The molecule has 0 fully saturated rings. The van der Waals surface area contributed by atoms with Crippen LogP contribution < -0.4 is 10.6 Å². The zero-order chi connectivity index (χ0) is 13.8. The van der Waals surface area contributed by atoms with E-state index in [-0.39, 0.29) is 5.50 Å². The Bertz CT molecular complexity index is 511. The van der Waals surface area contributed by atoms with Gasteiger partial charge in [-0.1, -0.05) is 53.5 Å². The Kier molecular flexibility index (Phi) is 4.94. The van der Waals surface area contributed by atoms with Crippen molar-refractivity contribution in [1.82, 2.24) is 5.32 Å². The Morgan fingerprint density at radius 1 is 1.53 bits per heavy atom. The van der Waals surface area contributed by atoms with Crippen LogP contribution in [0, 0.1) is 0 Å². The van der Waals surface area contributed by atoms with Crippen LogP contribution in [0.5, 0.6) is 0 Å². The fraction of sp³-hybridized carbons (Fsp3) is 0.333. The number of benzene rings is 1. The highest BCUT2D eigenvalue weighted by Crippen LogP contribution is 2.38. The summed E-state index contributed by atoms with van der Waals surface area (Å²) in [6.45, 7) is 7.23. The maximum Gasteiger partial charge on any atom is 0.127 e. The quantitative estimate of drug-likeness (QED) is 0.470. The van der Waals surface area contributed by atoms with Gasteiger partial charge in [0, 0.05) is 34.0 Å². The SMILES string of the molecule is C=C1/C(=C\NCCCC)c2ccc(Br)cc2NC1Cl. The van der Waals surface area contributed by atoms with Crippen molar-refractivity contribution >= 4 is 38.8 Å². The van der Waals surface area contributed by atoms with E-state index in [9.17, 15) is 0 Å². The van der Waals surface area contributed by atoms with Crippen LogP contribution in [0.2, 0.25) is 0 Å². The molecule has 0 aliphatic carbocycles. The van der Waals surface area contributed by atoms with E-state index in [4.69, 9.17) is 11.6 Å². The smallest absolute Gasteiger partial charge is 0.127 e. The van der Waals surface area contributed by atoms with E-state index in [0.29, 0.717) is 0 Å². The molecule has 0 aromatic heterocycles. The lowest BCUT2D eigenvalue weighted by Crippen LogP contribution is -2.23. The van der Waals surface area contributed by atoms with Crippen molar-refractivity contribution in [2.45, 2.75) is 25.3 Å². The zero-order valence-corrected chi connectivity index (χ0v) is 13.3. The summed E-state index contributed by atoms with van der Waals surface area (Å²) in [6, 6.07) is 6.15. The topological polar surface area (TPSA) is 24.1 Å². The molecule has 1 aliphatic rings. The molecule has 0 saturated carbocycles. The molecule has 0 radical (unpaired) electrons. The Morgan fingerprint density at radius 3 is 3.05 bits per heavy atom. The molecule has 2 nitrogen and oxygen atoms in total. The van der Waals surface area contributed by atoms with Gasteiger partial charge in [0.15, 0.2) is 0 Å². The molecule has 1 unspecified atom stereocenters. The number of fused-ring (bicyclic) bond motifs is 1. The van der Waals surface area contributed by atoms with E-state index in [0.717, 1.165) is 39.8 Å². The molecule has 0 bridgehead atoms. The van der Waals surface area contributed by atoms with Crippen molar-refractivity contribution in [2.24, 2.45) is 0 Å². The molecule has 4 heteroatoms. The molecule has 19 heavy (non-hydrogen) atoms. The summed E-state index contributed by atoms with van der Waals surface area (Å²) in [4.78, 5) is 0. The Morgan fingerprint density at radius 2 is 2.32 bits per heavy atom. The highest BCUT2D eigenvalue weighted by atomic mass is 79.9. The number of nitrogens with one attached hydrogen (secondary N) is 2. The van der Waals surface area contributed by atoms with E-state index < -0.39 is 0 Å². The third-order valence-corrected chi connectivity index (χ3v) is 3.99. The van der Waals surface area contributed by atoms with Crippen LogP contribution in [-0.4, -0.2) is 12.0 Å². The highest BCUT2D eigenvalue weighted by molar-refractivity contribution is 9.10. The molecular weight excluding hydrogens is 324 g/mol. The first kappa shape index (κ1) is 14.5. The lowest BCUT2D eigenvalue weighted by molar-refractivity contribution is 0.735. The lowest BCUT2D eigenvalue weighted by Gasteiger charge is -2.27. The predicted molar refractivity (Wildman–Crippen MR) is 87.4 cm³/mol. The van der Waals surface area contributed by atoms with Gasteiger partial charge in [-0.15, -0.1) is 0 Å². The number of hydrogen-bond donors (Lipinski definition) is 2. The van der Waals surface area contributed by atoms with Crippen molar-refractivity contribution in [3.63, 3.8) is 0 Å². The van der Waals surface area contributed by atoms with Crippen LogP contribution in [0.25, 0.3) is 5.57 Å². The summed E-state index contributed by atoms with van der Waals surface area (Å²) in [5.41, 5.74) is 3.89. The maximum atomic E-state index is 6.29. The number of anilines is 1. The monoisotopic (exact) mass is 340 g/mol. The molecule has 1 aromatic carbocycles. The second kappa shape index (κ2) is 6.49. The van der Waals surface area contributed by atoms with Crippen LogP contribution in [0.4, 0.5) is 5.69 Å². The summed E-state index contributed by atoms with van der Waals surface area (Å²) in [6.07, 6.45) is 4.37. The molecule has 102 valence electrons.